The number of hydrogen-bond donors (Lipinski definition) is 1. The maximum Gasteiger partial charge on any atom is 0.109 e. The second kappa shape index (κ2) is 5.86. The molecule has 3 aromatic rings. The predicted molar refractivity (Wildman–Crippen MR) is 92.7 cm³/mol. The third kappa shape index (κ3) is 2.93. The van der Waals surface area contributed by atoms with Gasteiger partial charge in [0.2, 0.25) is 0 Å². The zero-order valence-electron chi connectivity index (χ0n) is 12.1. The number of pyridine rings is 1. The highest BCUT2D eigenvalue weighted by molar-refractivity contribution is 9.10. The van der Waals surface area contributed by atoms with Gasteiger partial charge in [0.05, 0.1) is 11.9 Å². The Hall–Kier alpha value is -1.87. The van der Waals surface area contributed by atoms with E-state index in [1.54, 1.807) is 0 Å². The van der Waals surface area contributed by atoms with Crippen LogP contribution in [0.4, 0.5) is 5.69 Å². The Balaban J connectivity index is 1.93. The summed E-state index contributed by atoms with van der Waals surface area (Å²) in [4.78, 5) is 4.34. The lowest BCUT2D eigenvalue weighted by Crippen LogP contribution is -2.07. The number of fused-ring (bicyclic) bond motifs is 1. The second-order valence-corrected chi connectivity index (χ2v) is 6.02. The molecule has 1 heterocycles. The van der Waals surface area contributed by atoms with Crippen LogP contribution in [0.3, 0.4) is 0 Å². The first kappa shape index (κ1) is 14.1. The molecule has 1 unspecified atom stereocenters. The van der Waals surface area contributed by atoms with E-state index in [0.717, 1.165) is 15.9 Å². The van der Waals surface area contributed by atoms with Crippen LogP contribution in [0.2, 0.25) is 0 Å². The highest BCUT2D eigenvalue weighted by Gasteiger charge is 2.09. The molecular formula is C18H17BrN2. The van der Waals surface area contributed by atoms with Crippen LogP contribution >= 0.6 is 15.9 Å². The molecule has 0 aliphatic heterocycles. The number of rotatable bonds is 3. The van der Waals surface area contributed by atoms with Gasteiger partial charge >= 0.3 is 0 Å². The third-order valence-electron chi connectivity index (χ3n) is 3.69. The minimum atomic E-state index is 0.221. The molecule has 2 aromatic carbocycles. The van der Waals surface area contributed by atoms with Crippen molar-refractivity contribution in [3.8, 4) is 0 Å². The van der Waals surface area contributed by atoms with Crippen LogP contribution < -0.4 is 5.32 Å². The molecule has 0 aliphatic rings. The van der Waals surface area contributed by atoms with Crippen molar-refractivity contribution in [2.75, 3.05) is 5.32 Å². The molecule has 0 saturated carbocycles. The number of nitrogens with zero attached hydrogens (tertiary/aromatic N) is 1. The minimum Gasteiger partial charge on any atom is -0.377 e. The van der Waals surface area contributed by atoms with E-state index in [9.17, 15) is 0 Å². The Bertz CT molecular complexity index is 778. The number of anilines is 1. The summed E-state index contributed by atoms with van der Waals surface area (Å²) in [6.07, 6.45) is 1.86. The van der Waals surface area contributed by atoms with Gasteiger partial charge in [0.25, 0.3) is 0 Å². The van der Waals surface area contributed by atoms with Crippen molar-refractivity contribution in [2.45, 2.75) is 19.9 Å². The lowest BCUT2D eigenvalue weighted by molar-refractivity contribution is 0.891. The smallest absolute Gasteiger partial charge is 0.109 e. The Morgan fingerprint density at radius 1 is 1.10 bits per heavy atom. The summed E-state index contributed by atoms with van der Waals surface area (Å²) in [5.41, 5.74) is 3.47. The van der Waals surface area contributed by atoms with Gasteiger partial charge in [-0.05, 0) is 57.7 Å². The van der Waals surface area contributed by atoms with Gasteiger partial charge < -0.3 is 5.32 Å². The van der Waals surface area contributed by atoms with Gasteiger partial charge in [-0.3, -0.25) is 0 Å². The molecule has 0 fully saturated rings. The molecule has 0 spiro atoms. The predicted octanol–water partition coefficient (Wildman–Crippen LogP) is 5.48. The normalized spacial score (nSPS) is 12.3. The van der Waals surface area contributed by atoms with E-state index in [4.69, 9.17) is 0 Å². The van der Waals surface area contributed by atoms with Gasteiger partial charge in [-0.1, -0.05) is 42.5 Å². The lowest BCUT2D eigenvalue weighted by Gasteiger charge is -2.18. The van der Waals surface area contributed by atoms with Crippen LogP contribution in [0.25, 0.3) is 10.8 Å². The first-order chi connectivity index (χ1) is 10.1. The molecule has 1 N–H and O–H groups in total. The maximum absolute atomic E-state index is 4.34. The van der Waals surface area contributed by atoms with Gasteiger partial charge in [-0.2, -0.15) is 0 Å². The number of nitrogens with one attached hydrogen (secondary N) is 1. The summed E-state index contributed by atoms with van der Waals surface area (Å²) in [5, 5.41) is 6.10. The standard InChI is InChI=1S/C18H17BrN2/c1-12-10-15(11-20-18(12)19)21-13(2)16-9-5-7-14-6-3-4-8-17(14)16/h3-11,13,21H,1-2H3. The van der Waals surface area contributed by atoms with Crippen molar-refractivity contribution >= 4 is 32.4 Å². The first-order valence-electron chi connectivity index (χ1n) is 7.01. The van der Waals surface area contributed by atoms with Crippen LogP contribution in [-0.4, -0.2) is 4.98 Å². The fourth-order valence-corrected chi connectivity index (χ4v) is 2.81. The third-order valence-corrected chi connectivity index (χ3v) is 4.52. The minimum absolute atomic E-state index is 0.221. The Morgan fingerprint density at radius 2 is 1.86 bits per heavy atom. The van der Waals surface area contributed by atoms with Gasteiger partial charge in [0, 0.05) is 6.04 Å². The van der Waals surface area contributed by atoms with E-state index in [1.165, 1.54) is 16.3 Å². The molecule has 1 atom stereocenters. The highest BCUT2D eigenvalue weighted by atomic mass is 79.9. The number of halogens is 1. The molecule has 3 heteroatoms. The molecule has 0 saturated heterocycles. The average Bonchev–Trinajstić information content (AvgIpc) is 2.50. The van der Waals surface area contributed by atoms with Gasteiger partial charge in [-0.15, -0.1) is 0 Å². The quantitative estimate of drug-likeness (QED) is 0.638. The average molecular weight is 341 g/mol. The fourth-order valence-electron chi connectivity index (χ4n) is 2.59. The number of aryl methyl sites for hydroxylation is 1. The molecular weight excluding hydrogens is 324 g/mol. The molecule has 0 radical (unpaired) electrons. The van der Waals surface area contributed by atoms with E-state index in [0.29, 0.717) is 0 Å². The highest BCUT2D eigenvalue weighted by Crippen LogP contribution is 2.27. The zero-order valence-corrected chi connectivity index (χ0v) is 13.7. The van der Waals surface area contributed by atoms with Gasteiger partial charge in [0.1, 0.15) is 4.60 Å². The number of hydrogen-bond acceptors (Lipinski definition) is 2. The van der Waals surface area contributed by atoms with Crippen molar-refractivity contribution in [1.29, 1.82) is 0 Å². The topological polar surface area (TPSA) is 24.9 Å². The van der Waals surface area contributed by atoms with Crippen LogP contribution in [-0.2, 0) is 0 Å². The Kier molecular flexibility index (Phi) is 3.93. The molecule has 21 heavy (non-hydrogen) atoms. The van der Waals surface area contributed by atoms with E-state index in [1.807, 2.05) is 13.1 Å². The molecule has 0 bridgehead atoms. The summed E-state index contributed by atoms with van der Waals surface area (Å²) in [7, 11) is 0. The Morgan fingerprint density at radius 3 is 2.67 bits per heavy atom. The van der Waals surface area contributed by atoms with Crippen molar-refractivity contribution < 1.29 is 0 Å². The van der Waals surface area contributed by atoms with Crippen molar-refractivity contribution in [3.63, 3.8) is 0 Å². The number of benzene rings is 2. The van der Waals surface area contributed by atoms with Crippen molar-refractivity contribution in [3.05, 3.63) is 70.5 Å². The molecule has 2 nitrogen and oxygen atoms in total. The summed E-state index contributed by atoms with van der Waals surface area (Å²) in [6, 6.07) is 17.3. The summed E-state index contributed by atoms with van der Waals surface area (Å²) in [5.74, 6) is 0. The summed E-state index contributed by atoms with van der Waals surface area (Å²) in [6.45, 7) is 4.23. The Labute approximate surface area is 133 Å². The van der Waals surface area contributed by atoms with Gasteiger partial charge in [-0.25, -0.2) is 4.98 Å². The van der Waals surface area contributed by atoms with Crippen LogP contribution in [0.15, 0.2) is 59.3 Å². The summed E-state index contributed by atoms with van der Waals surface area (Å²) < 4.78 is 0.894. The van der Waals surface area contributed by atoms with E-state index < -0.39 is 0 Å². The van der Waals surface area contributed by atoms with Gasteiger partial charge in [0.15, 0.2) is 0 Å². The van der Waals surface area contributed by atoms with Crippen LogP contribution in [0, 0.1) is 6.92 Å². The van der Waals surface area contributed by atoms with Crippen LogP contribution in [0.5, 0.6) is 0 Å². The van der Waals surface area contributed by atoms with E-state index in [2.05, 4.69) is 81.7 Å². The number of aromatic nitrogens is 1. The van der Waals surface area contributed by atoms with Crippen molar-refractivity contribution in [1.82, 2.24) is 4.98 Å². The molecule has 0 aliphatic carbocycles. The van der Waals surface area contributed by atoms with E-state index >= 15 is 0 Å². The van der Waals surface area contributed by atoms with E-state index in [-0.39, 0.29) is 6.04 Å². The largest absolute Gasteiger partial charge is 0.377 e. The molecule has 1 aromatic heterocycles. The molecule has 106 valence electrons. The lowest BCUT2D eigenvalue weighted by atomic mass is 9.99. The van der Waals surface area contributed by atoms with Crippen molar-refractivity contribution in [2.24, 2.45) is 0 Å². The maximum atomic E-state index is 4.34. The monoisotopic (exact) mass is 340 g/mol. The summed E-state index contributed by atoms with van der Waals surface area (Å²) >= 11 is 3.43. The SMILES string of the molecule is Cc1cc(NC(C)c2cccc3ccccc23)cnc1Br. The van der Waals surface area contributed by atoms with Crippen LogP contribution in [0.1, 0.15) is 24.1 Å². The second-order valence-electron chi connectivity index (χ2n) is 5.27. The fraction of sp³-hybridized carbons (Fsp3) is 0.167. The zero-order chi connectivity index (χ0) is 14.8. The molecule has 3 rings (SSSR count). The molecule has 0 amide bonds. The first-order valence-corrected chi connectivity index (χ1v) is 7.81.